The van der Waals surface area contributed by atoms with Crippen LogP contribution in [0.5, 0.6) is 0 Å². The Morgan fingerprint density at radius 1 is 1.25 bits per heavy atom. The number of aliphatic hydroxyl groups excluding tert-OH is 1. The second-order valence-electron chi connectivity index (χ2n) is 7.00. The summed E-state index contributed by atoms with van der Waals surface area (Å²) in [6.07, 6.45) is 4.78. The van der Waals surface area contributed by atoms with E-state index >= 15 is 0 Å². The van der Waals surface area contributed by atoms with Crippen molar-refractivity contribution in [3.63, 3.8) is 0 Å². The molecule has 1 fully saturated rings. The van der Waals surface area contributed by atoms with Gasteiger partial charge in [-0.05, 0) is 38.7 Å². The Bertz CT molecular complexity index is 981. The summed E-state index contributed by atoms with van der Waals surface area (Å²) in [7, 11) is 0. The highest BCUT2D eigenvalue weighted by Crippen LogP contribution is 2.22. The molecule has 3 aromatic rings. The van der Waals surface area contributed by atoms with Crippen molar-refractivity contribution < 1.29 is 14.4 Å². The van der Waals surface area contributed by atoms with E-state index < -0.39 is 0 Å². The van der Waals surface area contributed by atoms with E-state index in [-0.39, 0.29) is 24.6 Å². The maximum atomic E-state index is 12.7. The first-order chi connectivity index (χ1) is 13.6. The molecule has 1 aromatic carbocycles. The predicted octanol–water partition coefficient (Wildman–Crippen LogP) is 1.97. The number of aryl methyl sites for hydroxylation is 1. The zero-order chi connectivity index (χ0) is 19.5. The number of carbonyl (C=O) groups is 1. The molecule has 0 bridgehead atoms. The van der Waals surface area contributed by atoms with Gasteiger partial charge >= 0.3 is 0 Å². The summed E-state index contributed by atoms with van der Waals surface area (Å²) < 4.78 is 5.02. The van der Waals surface area contributed by atoms with Gasteiger partial charge in [-0.1, -0.05) is 17.3 Å². The number of rotatable bonds is 5. The number of fused-ring (bicyclic) bond motifs is 1. The van der Waals surface area contributed by atoms with Crippen LogP contribution in [0.3, 0.4) is 0 Å². The lowest BCUT2D eigenvalue weighted by atomic mass is 9.93. The highest BCUT2D eigenvalue weighted by molar-refractivity contribution is 6.05. The monoisotopic (exact) mass is 382 g/mol. The molecule has 0 saturated heterocycles. The van der Waals surface area contributed by atoms with Crippen LogP contribution < -0.4 is 10.6 Å². The summed E-state index contributed by atoms with van der Waals surface area (Å²) in [5.74, 6) is 1.09. The topological polar surface area (TPSA) is 126 Å². The number of hydrogen-bond acceptors (Lipinski definition) is 8. The molecule has 146 valence electrons. The summed E-state index contributed by atoms with van der Waals surface area (Å²) in [5.41, 5.74) is 1.04. The van der Waals surface area contributed by atoms with E-state index in [4.69, 9.17) is 4.52 Å². The van der Waals surface area contributed by atoms with Crippen LogP contribution in [0.2, 0.25) is 0 Å². The van der Waals surface area contributed by atoms with Gasteiger partial charge in [-0.3, -0.25) is 4.79 Å². The Morgan fingerprint density at radius 3 is 2.82 bits per heavy atom. The number of para-hydroxylation sites is 1. The maximum absolute atomic E-state index is 12.7. The Hall–Kier alpha value is -3.07. The van der Waals surface area contributed by atoms with Gasteiger partial charge in [0.1, 0.15) is 0 Å². The van der Waals surface area contributed by atoms with Gasteiger partial charge in [0.15, 0.2) is 5.82 Å². The van der Waals surface area contributed by atoms with Crippen molar-refractivity contribution in [1.82, 2.24) is 25.4 Å². The third-order valence-electron chi connectivity index (χ3n) is 4.86. The van der Waals surface area contributed by atoms with Gasteiger partial charge in [0, 0.05) is 17.6 Å². The normalized spacial score (nSPS) is 19.5. The fourth-order valence-electron chi connectivity index (χ4n) is 3.37. The molecule has 3 N–H and O–H groups in total. The third kappa shape index (κ3) is 4.09. The minimum Gasteiger partial charge on any atom is -0.393 e. The average molecular weight is 382 g/mol. The van der Waals surface area contributed by atoms with Crippen LogP contribution in [-0.4, -0.2) is 43.3 Å². The molecule has 1 saturated carbocycles. The quantitative estimate of drug-likeness (QED) is 0.611. The number of aromatic nitrogens is 4. The zero-order valence-electron chi connectivity index (χ0n) is 15.6. The third-order valence-corrected chi connectivity index (χ3v) is 4.86. The van der Waals surface area contributed by atoms with E-state index in [0.29, 0.717) is 28.7 Å². The van der Waals surface area contributed by atoms with E-state index in [0.717, 1.165) is 31.1 Å². The van der Waals surface area contributed by atoms with E-state index in [2.05, 4.69) is 30.7 Å². The van der Waals surface area contributed by atoms with E-state index in [1.165, 1.54) is 0 Å². The summed E-state index contributed by atoms with van der Waals surface area (Å²) in [4.78, 5) is 25.7. The highest BCUT2D eigenvalue weighted by atomic mass is 16.5. The summed E-state index contributed by atoms with van der Waals surface area (Å²) in [6, 6.07) is 5.62. The van der Waals surface area contributed by atoms with Crippen LogP contribution in [0.1, 0.15) is 47.8 Å². The average Bonchev–Trinajstić information content (AvgIpc) is 3.12. The molecule has 0 unspecified atom stereocenters. The van der Waals surface area contributed by atoms with Gasteiger partial charge in [0.2, 0.25) is 11.8 Å². The van der Waals surface area contributed by atoms with Crippen LogP contribution in [-0.2, 0) is 6.54 Å². The summed E-state index contributed by atoms with van der Waals surface area (Å²) in [5, 5.41) is 20.2. The number of nitrogens with zero attached hydrogens (tertiary/aromatic N) is 4. The standard InChI is InChI=1S/C19H22N6O3/c1-11-22-16(28-25-11)10-20-18(27)15-4-2-3-12-9-21-19(24-17(12)15)23-13-5-7-14(26)8-6-13/h2-4,9,13-14,26H,5-8,10H2,1H3,(H,20,27)(H,21,23,24). The maximum Gasteiger partial charge on any atom is 0.253 e. The fourth-order valence-corrected chi connectivity index (χ4v) is 3.37. The van der Waals surface area contributed by atoms with E-state index in [1.807, 2.05) is 6.07 Å². The number of hydrogen-bond donors (Lipinski definition) is 3. The van der Waals surface area contributed by atoms with Gasteiger partial charge in [-0.2, -0.15) is 4.98 Å². The second kappa shape index (κ2) is 7.89. The molecule has 0 spiro atoms. The van der Waals surface area contributed by atoms with Crippen molar-refractivity contribution in [2.75, 3.05) is 5.32 Å². The number of carbonyl (C=O) groups excluding carboxylic acids is 1. The number of aliphatic hydroxyl groups is 1. The first kappa shape index (κ1) is 18.3. The molecule has 9 heteroatoms. The number of anilines is 1. The zero-order valence-corrected chi connectivity index (χ0v) is 15.6. The van der Waals surface area contributed by atoms with Gasteiger partial charge < -0.3 is 20.3 Å². The molecule has 0 aliphatic heterocycles. The summed E-state index contributed by atoms with van der Waals surface area (Å²) >= 11 is 0. The van der Waals surface area contributed by atoms with Crippen molar-refractivity contribution in [2.45, 2.75) is 51.3 Å². The molecule has 1 aliphatic carbocycles. The van der Waals surface area contributed by atoms with Crippen LogP contribution in [0.25, 0.3) is 10.9 Å². The lowest BCUT2D eigenvalue weighted by molar-refractivity contribution is 0.0947. The molecule has 4 rings (SSSR count). The van der Waals surface area contributed by atoms with E-state index in [1.54, 1.807) is 25.3 Å². The van der Waals surface area contributed by atoms with Gasteiger partial charge in [-0.25, -0.2) is 9.97 Å². The van der Waals surface area contributed by atoms with Crippen LogP contribution in [0.4, 0.5) is 5.95 Å². The molecule has 1 aliphatic rings. The molecule has 0 atom stereocenters. The lowest BCUT2D eigenvalue weighted by Crippen LogP contribution is -2.29. The minimum absolute atomic E-state index is 0.149. The molecule has 0 radical (unpaired) electrons. The largest absolute Gasteiger partial charge is 0.393 e. The minimum atomic E-state index is -0.271. The molecule has 9 nitrogen and oxygen atoms in total. The van der Waals surface area contributed by atoms with Crippen molar-refractivity contribution >= 4 is 22.8 Å². The van der Waals surface area contributed by atoms with Crippen molar-refractivity contribution in [2.24, 2.45) is 0 Å². The predicted molar refractivity (Wildman–Crippen MR) is 102 cm³/mol. The Kier molecular flexibility index (Phi) is 5.16. The Balaban J connectivity index is 1.51. The number of nitrogens with one attached hydrogen (secondary N) is 2. The summed E-state index contributed by atoms with van der Waals surface area (Å²) in [6.45, 7) is 1.87. The number of benzene rings is 1. The van der Waals surface area contributed by atoms with Gasteiger partial charge in [-0.15, -0.1) is 0 Å². The Morgan fingerprint density at radius 2 is 2.07 bits per heavy atom. The van der Waals surface area contributed by atoms with Gasteiger partial charge in [0.25, 0.3) is 5.91 Å². The molecule has 1 amide bonds. The first-order valence-electron chi connectivity index (χ1n) is 9.36. The first-order valence-corrected chi connectivity index (χ1v) is 9.36. The molecule has 2 heterocycles. The van der Waals surface area contributed by atoms with Crippen molar-refractivity contribution in [1.29, 1.82) is 0 Å². The second-order valence-corrected chi connectivity index (χ2v) is 7.00. The number of amides is 1. The molecule has 28 heavy (non-hydrogen) atoms. The highest BCUT2D eigenvalue weighted by Gasteiger charge is 2.20. The Labute approximate surface area is 161 Å². The van der Waals surface area contributed by atoms with Crippen LogP contribution in [0, 0.1) is 6.92 Å². The molecular weight excluding hydrogens is 360 g/mol. The molecule has 2 aromatic heterocycles. The van der Waals surface area contributed by atoms with Crippen molar-refractivity contribution in [3.05, 3.63) is 41.7 Å². The smallest absolute Gasteiger partial charge is 0.253 e. The molecular formula is C19H22N6O3. The van der Waals surface area contributed by atoms with Crippen LogP contribution in [0.15, 0.2) is 28.9 Å². The SMILES string of the molecule is Cc1noc(CNC(=O)c2cccc3cnc(NC4CCC(O)CC4)nc23)n1. The van der Waals surface area contributed by atoms with Crippen molar-refractivity contribution in [3.8, 4) is 0 Å². The van der Waals surface area contributed by atoms with Gasteiger partial charge in [0.05, 0.1) is 23.7 Å². The van der Waals surface area contributed by atoms with Crippen LogP contribution >= 0.6 is 0 Å². The lowest BCUT2D eigenvalue weighted by Gasteiger charge is -2.26. The fraction of sp³-hybridized carbons (Fsp3) is 0.421. The van der Waals surface area contributed by atoms with E-state index in [9.17, 15) is 9.90 Å².